The number of carbonyl (C=O) groups excluding carboxylic acids is 1. The summed E-state index contributed by atoms with van der Waals surface area (Å²) in [5.41, 5.74) is -0.670. The molecule has 5 nitrogen and oxygen atoms in total. The normalized spacial score (nSPS) is 19.5. The Morgan fingerprint density at radius 3 is 2.67 bits per heavy atom. The van der Waals surface area contributed by atoms with Gasteiger partial charge in [0.05, 0.1) is 28.7 Å². The van der Waals surface area contributed by atoms with Crippen LogP contribution in [0.25, 0.3) is 0 Å². The van der Waals surface area contributed by atoms with Crippen molar-refractivity contribution in [3.8, 4) is 0 Å². The van der Waals surface area contributed by atoms with E-state index < -0.39 is 29.2 Å². The lowest BCUT2D eigenvalue weighted by atomic mass is 10.1. The van der Waals surface area contributed by atoms with E-state index >= 15 is 0 Å². The van der Waals surface area contributed by atoms with E-state index in [-0.39, 0.29) is 22.9 Å². The summed E-state index contributed by atoms with van der Waals surface area (Å²) in [4.78, 5) is 19.9. The molecule has 0 aliphatic carbocycles. The highest BCUT2D eigenvalue weighted by Gasteiger charge is 2.46. The Morgan fingerprint density at radius 2 is 2.09 bits per heavy atom. The topological polar surface area (TPSA) is 51.7 Å². The number of halogens is 4. The van der Waals surface area contributed by atoms with Gasteiger partial charge in [0, 0.05) is 21.2 Å². The maximum atomic E-state index is 13.3. The number of carbonyl (C=O) groups is 1. The van der Waals surface area contributed by atoms with E-state index in [0.29, 0.717) is 11.3 Å². The number of hydrogen-bond donors (Lipinski definition) is 0. The summed E-state index contributed by atoms with van der Waals surface area (Å²) in [6, 6.07) is 2.93. The summed E-state index contributed by atoms with van der Waals surface area (Å²) in [6.45, 7) is 9.21. The molecule has 3 rings (SSSR count). The molecule has 1 aromatic carbocycles. The average Bonchev–Trinajstić information content (AvgIpc) is 3.28. The number of thioether (sulfide) groups is 1. The highest BCUT2D eigenvalue weighted by atomic mass is 35.5. The molecule has 1 aromatic heterocycles. The molecule has 1 amide bonds. The Hall–Kier alpha value is -1.49. The Labute approximate surface area is 204 Å². The van der Waals surface area contributed by atoms with Crippen LogP contribution >= 0.6 is 34.7 Å². The monoisotopic (exact) mass is 522 g/mol. The molecule has 11 heteroatoms. The first-order valence-electron chi connectivity index (χ1n) is 10.3. The number of rotatable bonds is 5. The van der Waals surface area contributed by atoms with Gasteiger partial charge in [0.2, 0.25) is 0 Å². The summed E-state index contributed by atoms with van der Waals surface area (Å²) in [5.74, 6) is 0. The second-order valence-corrected chi connectivity index (χ2v) is 11.7. The lowest BCUT2D eigenvalue weighted by molar-refractivity contribution is -0.137. The second kappa shape index (κ2) is 9.64. The summed E-state index contributed by atoms with van der Waals surface area (Å²) in [5, 5.41) is -0.0690. The zero-order valence-electron chi connectivity index (χ0n) is 18.9. The summed E-state index contributed by atoms with van der Waals surface area (Å²) < 4.78 is 51.3. The number of ether oxygens (including phenoxy) is 2. The van der Waals surface area contributed by atoms with E-state index in [0.717, 1.165) is 17.0 Å². The van der Waals surface area contributed by atoms with Crippen LogP contribution in [0, 0.1) is 0 Å². The Kier molecular flexibility index (Phi) is 7.63. The van der Waals surface area contributed by atoms with Crippen LogP contribution in [-0.2, 0) is 15.7 Å². The standard InChI is InChI=1S/C22H26ClF3N2O3S2/c1-20(2,3)31-19(29)28-14(11-30-21(28,4)5)9-17(18-10-27-12-32-18)33-16-8-13(22(24,25)26)6-7-15(16)23/h6-8,10,12,14,17H,9,11H2,1-5H3. The molecule has 2 aromatic rings. The molecule has 1 aliphatic rings. The highest BCUT2D eigenvalue weighted by Crippen LogP contribution is 2.46. The minimum Gasteiger partial charge on any atom is -0.444 e. The lowest BCUT2D eigenvalue weighted by Crippen LogP contribution is -2.50. The van der Waals surface area contributed by atoms with Gasteiger partial charge in [-0.1, -0.05) is 11.6 Å². The first-order valence-corrected chi connectivity index (χ1v) is 12.4. The third-order valence-corrected chi connectivity index (χ3v) is 7.75. The van der Waals surface area contributed by atoms with E-state index in [1.807, 2.05) is 0 Å². The van der Waals surface area contributed by atoms with E-state index in [2.05, 4.69) is 4.98 Å². The third kappa shape index (κ3) is 6.55. The smallest absolute Gasteiger partial charge is 0.416 e. The van der Waals surface area contributed by atoms with Gasteiger partial charge < -0.3 is 9.47 Å². The first-order chi connectivity index (χ1) is 15.2. The van der Waals surface area contributed by atoms with E-state index in [9.17, 15) is 18.0 Å². The number of alkyl halides is 3. The average molecular weight is 523 g/mol. The van der Waals surface area contributed by atoms with E-state index in [4.69, 9.17) is 21.1 Å². The number of benzene rings is 1. The number of thiazole rings is 1. The van der Waals surface area contributed by atoms with Crippen molar-refractivity contribution >= 4 is 40.8 Å². The van der Waals surface area contributed by atoms with Gasteiger partial charge in [-0.15, -0.1) is 23.1 Å². The molecule has 0 spiro atoms. The van der Waals surface area contributed by atoms with Crippen molar-refractivity contribution < 1.29 is 27.4 Å². The molecule has 1 aliphatic heterocycles. The van der Waals surface area contributed by atoms with Crippen LogP contribution in [0.4, 0.5) is 18.0 Å². The van der Waals surface area contributed by atoms with Crippen LogP contribution in [0.1, 0.15) is 56.7 Å². The SMILES string of the molecule is CC(C)(C)OC(=O)N1C(CC(Sc2cc(C(F)(F)F)ccc2Cl)c2cncs2)COC1(C)C. The van der Waals surface area contributed by atoms with Crippen molar-refractivity contribution in [1.82, 2.24) is 9.88 Å². The summed E-state index contributed by atoms with van der Waals surface area (Å²) in [7, 11) is 0. The fourth-order valence-corrected chi connectivity index (χ4v) is 5.87. The number of nitrogens with zero attached hydrogens (tertiary/aromatic N) is 2. The van der Waals surface area contributed by atoms with Crippen molar-refractivity contribution in [3.63, 3.8) is 0 Å². The zero-order valence-corrected chi connectivity index (χ0v) is 21.3. The third-order valence-electron chi connectivity index (χ3n) is 4.95. The van der Waals surface area contributed by atoms with Crippen LogP contribution in [0.3, 0.4) is 0 Å². The highest BCUT2D eigenvalue weighted by molar-refractivity contribution is 7.99. The van der Waals surface area contributed by atoms with Crippen molar-refractivity contribution in [1.29, 1.82) is 0 Å². The second-order valence-electron chi connectivity index (χ2n) is 9.15. The molecule has 1 fully saturated rings. The Bertz CT molecular complexity index is 978. The van der Waals surface area contributed by atoms with E-state index in [1.165, 1.54) is 29.2 Å². The molecular weight excluding hydrogens is 497 g/mol. The van der Waals surface area contributed by atoms with Gasteiger partial charge >= 0.3 is 12.3 Å². The van der Waals surface area contributed by atoms with Gasteiger partial charge in [0.25, 0.3) is 0 Å². The van der Waals surface area contributed by atoms with Gasteiger partial charge in [-0.05, 0) is 59.2 Å². The molecule has 2 unspecified atom stereocenters. The molecule has 0 radical (unpaired) electrons. The quantitative estimate of drug-likeness (QED) is 0.383. The molecule has 182 valence electrons. The van der Waals surface area contributed by atoms with Gasteiger partial charge in [0.15, 0.2) is 0 Å². The number of amides is 1. The maximum Gasteiger partial charge on any atom is 0.416 e. The van der Waals surface area contributed by atoms with Crippen molar-refractivity contribution in [2.24, 2.45) is 0 Å². The van der Waals surface area contributed by atoms with Crippen molar-refractivity contribution in [3.05, 3.63) is 45.4 Å². The Balaban J connectivity index is 1.89. The molecule has 0 N–H and O–H groups in total. The first kappa shape index (κ1) is 26.1. The molecule has 33 heavy (non-hydrogen) atoms. The largest absolute Gasteiger partial charge is 0.444 e. The lowest BCUT2D eigenvalue weighted by Gasteiger charge is -2.36. The zero-order chi connectivity index (χ0) is 24.6. The molecule has 0 bridgehead atoms. The van der Waals surface area contributed by atoms with Crippen LogP contribution in [-0.4, -0.2) is 40.0 Å². The molecular formula is C22H26ClF3N2O3S2. The van der Waals surface area contributed by atoms with Gasteiger partial charge in [-0.2, -0.15) is 13.2 Å². The maximum absolute atomic E-state index is 13.3. The predicted molar refractivity (Wildman–Crippen MR) is 124 cm³/mol. The van der Waals surface area contributed by atoms with Crippen LogP contribution in [0.2, 0.25) is 5.02 Å². The molecule has 1 saturated heterocycles. The summed E-state index contributed by atoms with van der Waals surface area (Å²) >= 11 is 8.87. The van der Waals surface area contributed by atoms with Gasteiger partial charge in [-0.25, -0.2) is 4.79 Å². The molecule has 2 heterocycles. The van der Waals surface area contributed by atoms with Crippen LogP contribution in [0.5, 0.6) is 0 Å². The Morgan fingerprint density at radius 1 is 1.39 bits per heavy atom. The predicted octanol–water partition coefficient (Wildman–Crippen LogP) is 7.41. The number of aromatic nitrogens is 1. The fraction of sp³-hybridized carbons (Fsp3) is 0.545. The van der Waals surface area contributed by atoms with E-state index in [1.54, 1.807) is 51.2 Å². The minimum atomic E-state index is -4.48. The number of hydrogen-bond acceptors (Lipinski definition) is 6. The summed E-state index contributed by atoms with van der Waals surface area (Å²) in [6.07, 6.45) is -2.87. The van der Waals surface area contributed by atoms with Crippen molar-refractivity contribution in [2.45, 2.75) is 74.7 Å². The fourth-order valence-electron chi connectivity index (χ4n) is 3.51. The van der Waals surface area contributed by atoms with Crippen LogP contribution in [0.15, 0.2) is 34.8 Å². The van der Waals surface area contributed by atoms with Gasteiger partial charge in [0.1, 0.15) is 11.3 Å². The van der Waals surface area contributed by atoms with Crippen molar-refractivity contribution in [2.75, 3.05) is 6.61 Å². The van der Waals surface area contributed by atoms with Gasteiger partial charge in [-0.3, -0.25) is 9.88 Å². The van der Waals surface area contributed by atoms with Crippen LogP contribution < -0.4 is 0 Å². The molecule has 2 atom stereocenters. The minimum absolute atomic E-state index is 0.231. The molecule has 0 saturated carbocycles.